The highest BCUT2D eigenvalue weighted by Crippen LogP contribution is 2.39. The van der Waals surface area contributed by atoms with Gasteiger partial charge in [0.1, 0.15) is 0 Å². The summed E-state index contributed by atoms with van der Waals surface area (Å²) in [5.74, 6) is 1.46. The van der Waals surface area contributed by atoms with Crippen LogP contribution in [0.4, 0.5) is 5.95 Å². The van der Waals surface area contributed by atoms with Crippen LogP contribution in [0.15, 0.2) is 6.07 Å². The third-order valence-electron chi connectivity index (χ3n) is 3.55. The molecular weight excluding hydrogens is 234 g/mol. The molecule has 0 aliphatic heterocycles. The number of nitrogens with zero attached hydrogens (tertiary/aromatic N) is 2. The van der Waals surface area contributed by atoms with Crippen LogP contribution < -0.4 is 5.32 Å². The average molecular weight is 254 g/mol. The van der Waals surface area contributed by atoms with Crippen LogP contribution in [0.5, 0.6) is 0 Å². The highest BCUT2D eigenvalue weighted by molar-refractivity contribution is 6.18. The minimum atomic E-state index is 0.253. The second kappa shape index (κ2) is 5.21. The molecule has 1 saturated carbocycles. The van der Waals surface area contributed by atoms with Crippen molar-refractivity contribution in [2.45, 2.75) is 39.5 Å². The Labute approximate surface area is 108 Å². The van der Waals surface area contributed by atoms with Crippen LogP contribution >= 0.6 is 11.6 Å². The second-order valence-electron chi connectivity index (χ2n) is 5.17. The zero-order valence-electron chi connectivity index (χ0n) is 10.6. The maximum Gasteiger partial charge on any atom is 0.223 e. The third kappa shape index (κ3) is 3.09. The smallest absolute Gasteiger partial charge is 0.223 e. The van der Waals surface area contributed by atoms with Gasteiger partial charge >= 0.3 is 0 Å². The van der Waals surface area contributed by atoms with Crippen molar-refractivity contribution in [3.63, 3.8) is 0 Å². The molecule has 1 fully saturated rings. The highest BCUT2D eigenvalue weighted by Gasteiger charge is 2.32. The highest BCUT2D eigenvalue weighted by atomic mass is 35.5. The Morgan fingerprint density at radius 3 is 2.35 bits per heavy atom. The minimum absolute atomic E-state index is 0.253. The van der Waals surface area contributed by atoms with Gasteiger partial charge in [-0.2, -0.15) is 0 Å². The first-order chi connectivity index (χ1) is 8.13. The fourth-order valence-corrected chi connectivity index (χ4v) is 2.92. The predicted molar refractivity (Wildman–Crippen MR) is 71.6 cm³/mol. The van der Waals surface area contributed by atoms with Crippen molar-refractivity contribution in [3.05, 3.63) is 17.5 Å². The Bertz CT molecular complexity index is 366. The van der Waals surface area contributed by atoms with E-state index in [0.29, 0.717) is 0 Å². The van der Waals surface area contributed by atoms with E-state index in [2.05, 4.69) is 15.3 Å². The van der Waals surface area contributed by atoms with Crippen LogP contribution in [-0.4, -0.2) is 22.4 Å². The molecule has 0 saturated heterocycles. The lowest BCUT2D eigenvalue weighted by Crippen LogP contribution is -2.29. The first kappa shape index (κ1) is 12.6. The summed E-state index contributed by atoms with van der Waals surface area (Å²) in [7, 11) is 0. The van der Waals surface area contributed by atoms with E-state index in [0.717, 1.165) is 29.8 Å². The second-order valence-corrected chi connectivity index (χ2v) is 5.44. The molecule has 1 aromatic heterocycles. The summed E-state index contributed by atoms with van der Waals surface area (Å²) >= 11 is 6.11. The van der Waals surface area contributed by atoms with Crippen molar-refractivity contribution in [1.82, 2.24) is 9.97 Å². The first-order valence-corrected chi connectivity index (χ1v) is 6.79. The summed E-state index contributed by atoms with van der Waals surface area (Å²) < 4.78 is 0. The number of anilines is 1. The normalized spacial score (nSPS) is 18.3. The van der Waals surface area contributed by atoms with Crippen LogP contribution in [0, 0.1) is 19.3 Å². The maximum absolute atomic E-state index is 6.11. The van der Waals surface area contributed by atoms with Gasteiger partial charge < -0.3 is 5.32 Å². The predicted octanol–water partition coefficient (Wildman–Crippen LogP) is 3.30. The number of rotatable bonds is 4. The molecule has 1 heterocycles. The quantitative estimate of drug-likeness (QED) is 0.837. The van der Waals surface area contributed by atoms with E-state index in [1.807, 2.05) is 19.9 Å². The minimum Gasteiger partial charge on any atom is -0.354 e. The molecular formula is C13H20ClN3. The molecule has 4 heteroatoms. The van der Waals surface area contributed by atoms with Crippen LogP contribution in [0.2, 0.25) is 0 Å². The van der Waals surface area contributed by atoms with Crippen LogP contribution in [0.3, 0.4) is 0 Å². The molecule has 0 spiro atoms. The van der Waals surface area contributed by atoms with Crippen molar-refractivity contribution >= 4 is 17.5 Å². The number of aryl methyl sites for hydroxylation is 2. The molecule has 1 N–H and O–H groups in total. The molecule has 0 bridgehead atoms. The number of hydrogen-bond acceptors (Lipinski definition) is 3. The lowest BCUT2D eigenvalue weighted by molar-refractivity contribution is 0.367. The van der Waals surface area contributed by atoms with E-state index < -0.39 is 0 Å². The van der Waals surface area contributed by atoms with Gasteiger partial charge in [-0.3, -0.25) is 0 Å². The lowest BCUT2D eigenvalue weighted by Gasteiger charge is -2.26. The van der Waals surface area contributed by atoms with Gasteiger partial charge in [-0.05, 0) is 32.8 Å². The summed E-state index contributed by atoms with van der Waals surface area (Å²) in [5.41, 5.74) is 2.26. The summed E-state index contributed by atoms with van der Waals surface area (Å²) in [6.45, 7) is 4.87. The van der Waals surface area contributed by atoms with Gasteiger partial charge in [0.2, 0.25) is 5.95 Å². The number of hydrogen-bond donors (Lipinski definition) is 1. The fourth-order valence-electron chi connectivity index (χ4n) is 2.55. The van der Waals surface area contributed by atoms with Crippen molar-refractivity contribution < 1.29 is 0 Å². The molecule has 0 unspecified atom stereocenters. The Morgan fingerprint density at radius 1 is 1.24 bits per heavy atom. The lowest BCUT2D eigenvalue weighted by atomic mass is 9.89. The van der Waals surface area contributed by atoms with Crippen molar-refractivity contribution in [2.24, 2.45) is 5.41 Å². The Morgan fingerprint density at radius 2 is 1.82 bits per heavy atom. The SMILES string of the molecule is Cc1cc(C)nc(NCC2(CCl)CCCC2)n1. The van der Waals surface area contributed by atoms with E-state index in [4.69, 9.17) is 11.6 Å². The molecule has 0 atom stereocenters. The molecule has 17 heavy (non-hydrogen) atoms. The number of halogens is 1. The number of nitrogens with one attached hydrogen (secondary N) is 1. The number of aromatic nitrogens is 2. The van der Waals surface area contributed by atoms with E-state index in [1.165, 1.54) is 25.7 Å². The van der Waals surface area contributed by atoms with E-state index in [-0.39, 0.29) is 5.41 Å². The molecule has 0 amide bonds. The van der Waals surface area contributed by atoms with Gasteiger partial charge in [0.15, 0.2) is 0 Å². The summed E-state index contributed by atoms with van der Waals surface area (Å²) in [4.78, 5) is 8.79. The van der Waals surface area contributed by atoms with Gasteiger partial charge in [0.05, 0.1) is 0 Å². The fraction of sp³-hybridized carbons (Fsp3) is 0.692. The van der Waals surface area contributed by atoms with Crippen molar-refractivity contribution in [1.29, 1.82) is 0 Å². The van der Waals surface area contributed by atoms with Crippen LogP contribution in [0.25, 0.3) is 0 Å². The molecule has 1 aliphatic carbocycles. The summed E-state index contributed by atoms with van der Waals surface area (Å²) in [5, 5.41) is 3.35. The van der Waals surface area contributed by atoms with E-state index in [9.17, 15) is 0 Å². The Hall–Kier alpha value is -0.830. The number of alkyl halides is 1. The molecule has 94 valence electrons. The average Bonchev–Trinajstić information content (AvgIpc) is 2.74. The van der Waals surface area contributed by atoms with Gasteiger partial charge in [-0.1, -0.05) is 12.8 Å². The Balaban J connectivity index is 2.01. The molecule has 3 nitrogen and oxygen atoms in total. The first-order valence-electron chi connectivity index (χ1n) is 6.26. The van der Waals surface area contributed by atoms with Crippen LogP contribution in [-0.2, 0) is 0 Å². The molecule has 0 aromatic carbocycles. The standard InChI is InChI=1S/C13H20ClN3/c1-10-7-11(2)17-12(16-10)15-9-13(8-14)5-3-4-6-13/h7H,3-6,8-9H2,1-2H3,(H,15,16,17). The summed E-state index contributed by atoms with van der Waals surface area (Å²) in [6, 6.07) is 1.98. The van der Waals surface area contributed by atoms with Crippen molar-refractivity contribution in [3.8, 4) is 0 Å². The van der Waals surface area contributed by atoms with Crippen LogP contribution in [0.1, 0.15) is 37.1 Å². The zero-order chi connectivity index (χ0) is 12.3. The van der Waals surface area contributed by atoms with Crippen molar-refractivity contribution in [2.75, 3.05) is 17.7 Å². The zero-order valence-corrected chi connectivity index (χ0v) is 11.3. The van der Waals surface area contributed by atoms with Gasteiger partial charge in [0.25, 0.3) is 0 Å². The largest absolute Gasteiger partial charge is 0.354 e. The third-order valence-corrected chi connectivity index (χ3v) is 4.12. The van der Waals surface area contributed by atoms with E-state index in [1.54, 1.807) is 0 Å². The molecule has 2 rings (SSSR count). The van der Waals surface area contributed by atoms with Gasteiger partial charge in [-0.25, -0.2) is 9.97 Å². The summed E-state index contributed by atoms with van der Waals surface area (Å²) in [6.07, 6.45) is 5.02. The van der Waals surface area contributed by atoms with Gasteiger partial charge in [0, 0.05) is 29.2 Å². The Kier molecular flexibility index (Phi) is 3.87. The van der Waals surface area contributed by atoms with Gasteiger partial charge in [-0.15, -0.1) is 11.6 Å². The topological polar surface area (TPSA) is 37.8 Å². The molecule has 0 radical (unpaired) electrons. The van der Waals surface area contributed by atoms with E-state index >= 15 is 0 Å². The molecule has 1 aliphatic rings. The molecule has 1 aromatic rings. The monoisotopic (exact) mass is 253 g/mol. The maximum atomic E-state index is 6.11.